The minimum Gasteiger partial charge on any atom is -0.458 e. The van der Waals surface area contributed by atoms with E-state index in [-0.39, 0.29) is 29.7 Å². The minimum atomic E-state index is -1.40. The smallest absolute Gasteiger partial charge is 0.307 e. The van der Waals surface area contributed by atoms with Crippen LogP contribution in [-0.4, -0.2) is 77.2 Å². The number of hydrogen-bond acceptors (Lipinski definition) is 12. The zero-order valence-electron chi connectivity index (χ0n) is 25.6. The van der Waals surface area contributed by atoms with Crippen LogP contribution in [0.4, 0.5) is 0 Å². The zero-order valence-corrected chi connectivity index (χ0v) is 25.6. The van der Waals surface area contributed by atoms with Gasteiger partial charge in [-0.15, -0.1) is 0 Å². The summed E-state index contributed by atoms with van der Waals surface area (Å²) in [6, 6.07) is 0. The maximum absolute atomic E-state index is 12.5. The van der Waals surface area contributed by atoms with Crippen LogP contribution >= 0.6 is 0 Å². The molecule has 2 bridgehead atoms. The third-order valence-corrected chi connectivity index (χ3v) is 7.65. The van der Waals surface area contributed by atoms with E-state index < -0.39 is 78.3 Å². The average Bonchev–Trinajstić information content (AvgIpc) is 2.83. The third-order valence-electron chi connectivity index (χ3n) is 7.65. The van der Waals surface area contributed by atoms with Crippen LogP contribution in [0, 0.1) is 11.3 Å². The molecule has 6 atom stereocenters. The van der Waals surface area contributed by atoms with Gasteiger partial charge in [-0.1, -0.05) is 13.8 Å². The van der Waals surface area contributed by atoms with Crippen molar-refractivity contribution in [2.45, 2.75) is 106 Å². The van der Waals surface area contributed by atoms with Gasteiger partial charge in [-0.3, -0.25) is 24.0 Å². The van der Waals surface area contributed by atoms with Crippen molar-refractivity contribution in [2.75, 3.05) is 6.61 Å². The van der Waals surface area contributed by atoms with Crippen molar-refractivity contribution in [1.82, 2.24) is 0 Å². The van der Waals surface area contributed by atoms with Crippen molar-refractivity contribution in [3.8, 4) is 0 Å². The molecule has 0 aromatic heterocycles. The highest BCUT2D eigenvalue weighted by Crippen LogP contribution is 2.51. The van der Waals surface area contributed by atoms with Crippen molar-refractivity contribution in [2.24, 2.45) is 11.3 Å². The number of ether oxygens (including phenoxy) is 5. The normalized spacial score (nSPS) is 30.9. The molecule has 0 aromatic carbocycles. The van der Waals surface area contributed by atoms with Gasteiger partial charge in [0.1, 0.15) is 18.3 Å². The van der Waals surface area contributed by atoms with Gasteiger partial charge in [0.15, 0.2) is 11.9 Å². The fraction of sp³-hybridized carbons (Fsp3) is 0.633. The molecule has 0 saturated heterocycles. The number of rotatable bonds is 6. The molecule has 0 saturated carbocycles. The van der Waals surface area contributed by atoms with Crippen LogP contribution in [0.1, 0.15) is 75.2 Å². The Hall–Kier alpha value is -3.51. The number of esters is 5. The van der Waals surface area contributed by atoms with Gasteiger partial charge >= 0.3 is 29.8 Å². The third kappa shape index (κ3) is 8.28. The van der Waals surface area contributed by atoms with E-state index in [0.717, 1.165) is 13.8 Å². The second-order valence-electron chi connectivity index (χ2n) is 11.2. The molecular weight excluding hydrogens is 552 g/mol. The van der Waals surface area contributed by atoms with Gasteiger partial charge in [0.25, 0.3) is 0 Å². The first-order valence-electron chi connectivity index (χ1n) is 13.7. The van der Waals surface area contributed by atoms with Gasteiger partial charge in [-0.05, 0) is 48.5 Å². The molecule has 0 fully saturated rings. The number of aliphatic hydroxyl groups excluding tert-OH is 2. The standard InChI is InChI=1S/C30H42O12/c1-14-24(38-16(3)32)11-22-26(40-18(5)34)10-21(13-31)23(37)12-25(39-17(4)33)15(2)28(41-19(6)35)29(42-20(7)36)27(14)30(22,8)9/h10,22-26,29,31,37H,11-13H2,1-9H3/b21-10+,28-15-/t22-,23+,24-,25-,26-,29+/m0/s1. The van der Waals surface area contributed by atoms with Gasteiger partial charge in [0.2, 0.25) is 0 Å². The van der Waals surface area contributed by atoms with E-state index >= 15 is 0 Å². The predicted molar refractivity (Wildman–Crippen MR) is 147 cm³/mol. The SMILES string of the molecule is CC(=O)O/C1=C(/C)[C@@H](OC(C)=O)C[C@@H](O)/C(CO)=C/[C@H](OC(C)=O)[C@@H]2C[C@H](OC(C)=O)C(C)=C([C@H]1OC(C)=O)C2(C)C. The lowest BCUT2D eigenvalue weighted by Gasteiger charge is -2.48. The maximum atomic E-state index is 12.5. The second kappa shape index (κ2) is 14.1. The quantitative estimate of drug-likeness (QED) is 0.262. The number of hydrogen-bond donors (Lipinski definition) is 2. The number of carbonyl (C=O) groups is 5. The molecule has 0 heterocycles. The van der Waals surface area contributed by atoms with Crippen molar-refractivity contribution in [3.63, 3.8) is 0 Å². The fourth-order valence-corrected chi connectivity index (χ4v) is 5.85. The Morgan fingerprint density at radius 1 is 0.786 bits per heavy atom. The average molecular weight is 595 g/mol. The molecule has 0 aliphatic heterocycles. The Labute approximate surface area is 245 Å². The molecule has 234 valence electrons. The fourth-order valence-electron chi connectivity index (χ4n) is 5.85. The molecular formula is C30H42O12. The second-order valence-corrected chi connectivity index (χ2v) is 11.2. The summed E-state index contributed by atoms with van der Waals surface area (Å²) in [5, 5.41) is 21.4. The molecule has 0 spiro atoms. The molecule has 0 aromatic rings. The van der Waals surface area contributed by atoms with E-state index in [2.05, 4.69) is 0 Å². The van der Waals surface area contributed by atoms with Crippen LogP contribution in [0.5, 0.6) is 0 Å². The summed E-state index contributed by atoms with van der Waals surface area (Å²) in [7, 11) is 0. The molecule has 12 heteroatoms. The lowest BCUT2D eigenvalue weighted by Crippen LogP contribution is -2.49. The Morgan fingerprint density at radius 3 is 1.74 bits per heavy atom. The Morgan fingerprint density at radius 2 is 1.29 bits per heavy atom. The Balaban J connectivity index is 3.13. The predicted octanol–water partition coefficient (Wildman–Crippen LogP) is 2.60. The van der Waals surface area contributed by atoms with Crippen LogP contribution in [0.2, 0.25) is 0 Å². The van der Waals surface area contributed by atoms with Crippen molar-refractivity contribution in [1.29, 1.82) is 0 Å². The molecule has 0 amide bonds. The molecule has 2 N–H and O–H groups in total. The van der Waals surface area contributed by atoms with Crippen LogP contribution < -0.4 is 0 Å². The van der Waals surface area contributed by atoms with Gasteiger partial charge in [-0.25, -0.2) is 0 Å². The lowest BCUT2D eigenvalue weighted by atomic mass is 9.60. The van der Waals surface area contributed by atoms with E-state index in [1.54, 1.807) is 6.92 Å². The summed E-state index contributed by atoms with van der Waals surface area (Å²) in [5.41, 5.74) is 0.177. The highest BCUT2D eigenvalue weighted by molar-refractivity contribution is 5.70. The topological polar surface area (TPSA) is 172 Å². The first kappa shape index (κ1) is 34.7. The Bertz CT molecular complexity index is 1190. The molecule has 42 heavy (non-hydrogen) atoms. The molecule has 2 rings (SSSR count). The summed E-state index contributed by atoms with van der Waals surface area (Å²) >= 11 is 0. The first-order valence-corrected chi connectivity index (χ1v) is 13.7. The van der Waals surface area contributed by atoms with Crippen molar-refractivity contribution >= 4 is 29.8 Å². The van der Waals surface area contributed by atoms with Crippen molar-refractivity contribution in [3.05, 3.63) is 34.1 Å². The summed E-state index contributed by atoms with van der Waals surface area (Å²) in [4.78, 5) is 61.5. The van der Waals surface area contributed by atoms with Gasteiger partial charge in [0, 0.05) is 52.5 Å². The van der Waals surface area contributed by atoms with E-state index in [0.29, 0.717) is 11.1 Å². The number of fused-ring (bicyclic) bond motifs is 2. The van der Waals surface area contributed by atoms with Gasteiger partial charge in [-0.2, -0.15) is 0 Å². The van der Waals surface area contributed by atoms with Crippen LogP contribution in [-0.2, 0) is 47.7 Å². The van der Waals surface area contributed by atoms with E-state index in [9.17, 15) is 34.2 Å². The zero-order chi connectivity index (χ0) is 32.1. The summed E-state index contributed by atoms with van der Waals surface area (Å²) in [5.74, 6) is -4.23. The molecule has 2 aliphatic rings. The summed E-state index contributed by atoms with van der Waals surface area (Å²) in [6.07, 6.45) is -4.54. The van der Waals surface area contributed by atoms with Gasteiger partial charge in [0.05, 0.1) is 12.7 Å². The maximum Gasteiger partial charge on any atom is 0.307 e. The molecule has 0 radical (unpaired) electrons. The first-order chi connectivity index (χ1) is 19.4. The highest BCUT2D eigenvalue weighted by atomic mass is 16.6. The highest BCUT2D eigenvalue weighted by Gasteiger charge is 2.51. The van der Waals surface area contributed by atoms with Crippen LogP contribution in [0.15, 0.2) is 34.1 Å². The lowest BCUT2D eigenvalue weighted by molar-refractivity contribution is -0.156. The Kier molecular flexibility index (Phi) is 11.7. The van der Waals surface area contributed by atoms with Crippen LogP contribution in [0.25, 0.3) is 0 Å². The van der Waals surface area contributed by atoms with Gasteiger partial charge < -0.3 is 33.9 Å². The van der Waals surface area contributed by atoms with E-state index in [4.69, 9.17) is 23.7 Å². The largest absolute Gasteiger partial charge is 0.458 e. The molecule has 2 aliphatic carbocycles. The van der Waals surface area contributed by atoms with Crippen molar-refractivity contribution < 1.29 is 57.9 Å². The van der Waals surface area contributed by atoms with E-state index in [1.807, 2.05) is 13.8 Å². The summed E-state index contributed by atoms with van der Waals surface area (Å²) < 4.78 is 28.4. The minimum absolute atomic E-state index is 0.0880. The number of aliphatic hydroxyl groups is 2. The van der Waals surface area contributed by atoms with E-state index in [1.165, 1.54) is 33.8 Å². The molecule has 0 unspecified atom stereocenters. The molecule has 12 nitrogen and oxygen atoms in total. The van der Waals surface area contributed by atoms with Crippen LogP contribution in [0.3, 0.4) is 0 Å². The number of carbonyl (C=O) groups excluding carboxylic acids is 5. The summed E-state index contributed by atoms with van der Waals surface area (Å²) in [6.45, 7) is 12.2. The monoisotopic (exact) mass is 594 g/mol.